The van der Waals surface area contributed by atoms with Crippen molar-refractivity contribution in [2.75, 3.05) is 19.7 Å². The molecule has 1 aromatic carbocycles. The van der Waals surface area contributed by atoms with Gasteiger partial charge in [-0.15, -0.1) is 0 Å². The Hall–Kier alpha value is -2.89. The maximum Gasteiger partial charge on any atom is 0.308 e. The molecule has 2 rings (SSSR count). The fourth-order valence-electron chi connectivity index (χ4n) is 3.57. The molecule has 2 atom stereocenters. The van der Waals surface area contributed by atoms with Crippen LogP contribution >= 0.6 is 0 Å². The molecule has 2 N–H and O–H groups in total. The van der Waals surface area contributed by atoms with E-state index in [1.165, 1.54) is 6.92 Å². The van der Waals surface area contributed by atoms with Gasteiger partial charge in [0, 0.05) is 32.0 Å². The van der Waals surface area contributed by atoms with Crippen LogP contribution in [0, 0.1) is 29.2 Å². The molecule has 0 bridgehead atoms. The summed E-state index contributed by atoms with van der Waals surface area (Å²) in [4.78, 5) is 38.2. The number of amides is 2. The van der Waals surface area contributed by atoms with Crippen LogP contribution in [0.15, 0.2) is 6.07 Å². The quantitative estimate of drug-likeness (QED) is 0.319. The zero-order valence-electron chi connectivity index (χ0n) is 20.0. The zero-order valence-corrected chi connectivity index (χ0v) is 20.0. The van der Waals surface area contributed by atoms with E-state index in [1.54, 1.807) is 25.7 Å². The topological polar surface area (TPSA) is 105 Å². The molecule has 196 valence electrons. The summed E-state index contributed by atoms with van der Waals surface area (Å²) in [6.45, 7) is 6.09. The van der Waals surface area contributed by atoms with Gasteiger partial charge in [-0.05, 0) is 33.6 Å². The minimum absolute atomic E-state index is 0.0108. The molecular formula is C23H30F4N2O6. The van der Waals surface area contributed by atoms with Crippen LogP contribution < -0.4 is 10.1 Å². The first-order chi connectivity index (χ1) is 16.2. The van der Waals surface area contributed by atoms with Crippen LogP contribution in [0.5, 0.6) is 5.75 Å². The molecule has 2 amide bonds. The molecule has 1 aliphatic rings. The number of nitrogens with one attached hydrogen (secondary N) is 1. The number of hydrogen-bond acceptors (Lipinski definition) is 6. The smallest absolute Gasteiger partial charge is 0.308 e. The lowest BCUT2D eigenvalue weighted by molar-refractivity contribution is -0.156. The van der Waals surface area contributed by atoms with E-state index in [2.05, 4.69) is 5.32 Å². The van der Waals surface area contributed by atoms with Crippen molar-refractivity contribution in [3.63, 3.8) is 0 Å². The number of rotatable bonds is 8. The first kappa shape index (κ1) is 28.3. The summed E-state index contributed by atoms with van der Waals surface area (Å²) in [5.41, 5.74) is -0.863. The van der Waals surface area contributed by atoms with Crippen molar-refractivity contribution in [2.24, 2.45) is 5.92 Å². The van der Waals surface area contributed by atoms with Gasteiger partial charge in [0.05, 0.1) is 12.5 Å². The lowest BCUT2D eigenvalue weighted by atomic mass is 9.95. The predicted molar refractivity (Wildman–Crippen MR) is 115 cm³/mol. The van der Waals surface area contributed by atoms with Crippen LogP contribution in [-0.2, 0) is 19.1 Å². The second-order valence-electron chi connectivity index (χ2n) is 9.36. The number of carbonyl (C=O) groups is 3. The largest absolute Gasteiger partial charge is 0.485 e. The van der Waals surface area contributed by atoms with E-state index in [1.807, 2.05) is 0 Å². The molecule has 1 heterocycles. The number of nitrogens with zero attached hydrogens (tertiary/aromatic N) is 1. The van der Waals surface area contributed by atoms with Crippen molar-refractivity contribution < 1.29 is 46.5 Å². The summed E-state index contributed by atoms with van der Waals surface area (Å²) in [5, 5.41) is 13.1. The first-order valence-corrected chi connectivity index (χ1v) is 11.1. The molecule has 1 fully saturated rings. The van der Waals surface area contributed by atoms with Gasteiger partial charge in [-0.1, -0.05) is 0 Å². The average Bonchev–Trinajstić information content (AvgIpc) is 2.75. The van der Waals surface area contributed by atoms with Gasteiger partial charge in [0.25, 0.3) is 0 Å². The maximum absolute atomic E-state index is 13.9. The fourth-order valence-corrected chi connectivity index (χ4v) is 3.57. The molecular weight excluding hydrogens is 476 g/mol. The van der Waals surface area contributed by atoms with Crippen molar-refractivity contribution >= 4 is 17.8 Å². The normalized spacial score (nSPS) is 16.4. The van der Waals surface area contributed by atoms with Crippen LogP contribution in [-0.4, -0.2) is 65.2 Å². The minimum Gasteiger partial charge on any atom is -0.485 e. The van der Waals surface area contributed by atoms with Crippen molar-refractivity contribution in [2.45, 2.75) is 64.7 Å². The number of ether oxygens (including phenoxy) is 2. The molecule has 0 aliphatic carbocycles. The van der Waals surface area contributed by atoms with Crippen LogP contribution in [0.4, 0.5) is 17.6 Å². The van der Waals surface area contributed by atoms with Crippen molar-refractivity contribution in [3.8, 4) is 5.75 Å². The number of carbonyl (C=O) groups excluding carboxylic acids is 3. The third-order valence-electron chi connectivity index (χ3n) is 5.38. The summed E-state index contributed by atoms with van der Waals surface area (Å²) >= 11 is 0. The van der Waals surface area contributed by atoms with Gasteiger partial charge in [0.2, 0.25) is 23.4 Å². The maximum atomic E-state index is 13.9. The molecule has 1 aromatic rings. The molecule has 0 radical (unpaired) electrons. The minimum atomic E-state index is -1.79. The molecule has 8 nitrogen and oxygen atoms in total. The Bertz CT molecular complexity index is 919. The fraction of sp³-hybridized carbons (Fsp3) is 0.609. The van der Waals surface area contributed by atoms with Crippen molar-refractivity contribution in [1.29, 1.82) is 0 Å². The van der Waals surface area contributed by atoms with E-state index < -0.39 is 77.6 Å². The van der Waals surface area contributed by atoms with E-state index in [4.69, 9.17) is 9.47 Å². The van der Waals surface area contributed by atoms with E-state index >= 15 is 0 Å². The van der Waals surface area contributed by atoms with E-state index in [-0.39, 0.29) is 12.0 Å². The number of piperidine rings is 1. The molecule has 1 unspecified atom stereocenters. The van der Waals surface area contributed by atoms with Crippen LogP contribution in [0.1, 0.15) is 47.0 Å². The molecule has 35 heavy (non-hydrogen) atoms. The number of likely N-dealkylation sites (tertiary alicyclic amines) is 1. The highest BCUT2D eigenvalue weighted by atomic mass is 19.2. The molecule has 0 aromatic heterocycles. The van der Waals surface area contributed by atoms with Crippen molar-refractivity contribution in [3.05, 3.63) is 29.3 Å². The van der Waals surface area contributed by atoms with Crippen LogP contribution in [0.25, 0.3) is 0 Å². The Morgan fingerprint density at radius 2 is 1.66 bits per heavy atom. The van der Waals surface area contributed by atoms with Gasteiger partial charge >= 0.3 is 5.97 Å². The Kier molecular flexibility index (Phi) is 9.47. The monoisotopic (exact) mass is 506 g/mol. The van der Waals surface area contributed by atoms with Gasteiger partial charge in [-0.2, -0.15) is 8.78 Å². The Morgan fingerprint density at radius 3 is 2.14 bits per heavy atom. The molecule has 0 spiro atoms. The van der Waals surface area contributed by atoms with Gasteiger partial charge in [-0.3, -0.25) is 14.4 Å². The number of halogens is 4. The standard InChI is InChI=1S/C23H30F4N2O6/c1-12(30)29-7-5-13(6-8-29)22(33)28-16(10-18(32)35-23(2,3)4)17(31)11-34-21-19(26)14(24)9-15(25)20(21)27/h9,13,16-17,31H,5-8,10-11H2,1-4H3,(H,28,33)/t16-,17?/m0/s1. The highest BCUT2D eigenvalue weighted by molar-refractivity contribution is 5.81. The SMILES string of the molecule is CC(=O)N1CCC(C(=O)N[C@@H](CC(=O)OC(C)(C)C)C(O)COc2c(F)c(F)cc(F)c2F)CC1. The van der Waals surface area contributed by atoms with E-state index in [0.717, 1.165) is 0 Å². The van der Waals surface area contributed by atoms with Crippen LogP contribution in [0.3, 0.4) is 0 Å². The summed E-state index contributed by atoms with van der Waals surface area (Å²) < 4.78 is 64.6. The van der Waals surface area contributed by atoms with Gasteiger partial charge < -0.3 is 24.8 Å². The van der Waals surface area contributed by atoms with Gasteiger partial charge in [0.15, 0.2) is 17.4 Å². The molecule has 0 saturated carbocycles. The first-order valence-electron chi connectivity index (χ1n) is 11.1. The summed E-state index contributed by atoms with van der Waals surface area (Å²) in [5.74, 6) is -10.2. The third kappa shape index (κ3) is 8.08. The van der Waals surface area contributed by atoms with Gasteiger partial charge in [0.1, 0.15) is 18.3 Å². The number of esters is 1. The van der Waals surface area contributed by atoms with Gasteiger partial charge in [-0.25, -0.2) is 8.78 Å². The summed E-state index contributed by atoms with van der Waals surface area (Å²) in [6.07, 6.45) is -1.50. The Morgan fingerprint density at radius 1 is 1.11 bits per heavy atom. The summed E-state index contributed by atoms with van der Waals surface area (Å²) in [7, 11) is 0. The molecule has 12 heteroatoms. The number of benzene rings is 1. The molecule has 1 saturated heterocycles. The van der Waals surface area contributed by atoms with Crippen molar-refractivity contribution in [1.82, 2.24) is 10.2 Å². The Balaban J connectivity index is 2.12. The lowest BCUT2D eigenvalue weighted by Crippen LogP contribution is -2.51. The van der Waals surface area contributed by atoms with E-state index in [0.29, 0.717) is 25.9 Å². The molecule has 1 aliphatic heterocycles. The zero-order chi connectivity index (χ0) is 26.5. The Labute approximate surface area is 200 Å². The third-order valence-corrected chi connectivity index (χ3v) is 5.38. The number of aliphatic hydroxyl groups excluding tert-OH is 1. The summed E-state index contributed by atoms with van der Waals surface area (Å²) in [6, 6.07) is -1.29. The average molecular weight is 506 g/mol. The number of aliphatic hydroxyl groups is 1. The van der Waals surface area contributed by atoms with Crippen LogP contribution in [0.2, 0.25) is 0 Å². The predicted octanol–water partition coefficient (Wildman–Crippen LogP) is 2.46. The second kappa shape index (κ2) is 11.7. The van der Waals surface area contributed by atoms with E-state index in [9.17, 15) is 37.1 Å². The highest BCUT2D eigenvalue weighted by Crippen LogP contribution is 2.27. The lowest BCUT2D eigenvalue weighted by Gasteiger charge is -2.32. The highest BCUT2D eigenvalue weighted by Gasteiger charge is 2.32. The second-order valence-corrected chi connectivity index (χ2v) is 9.36. The number of hydrogen-bond donors (Lipinski definition) is 2.